The van der Waals surface area contributed by atoms with E-state index >= 15 is 0 Å². The molecule has 2 heterocycles. The molecule has 2 aliphatic rings. The molecule has 0 bridgehead atoms. The number of likely N-dealkylation sites (tertiary alicyclic amines) is 1. The number of carbonyl (C=O) groups excluding carboxylic acids is 1. The zero-order valence-corrected chi connectivity index (χ0v) is 10.9. The van der Waals surface area contributed by atoms with Crippen molar-refractivity contribution in [3.8, 4) is 0 Å². The third-order valence-corrected chi connectivity index (χ3v) is 4.22. The van der Waals surface area contributed by atoms with E-state index in [4.69, 9.17) is 9.84 Å². The van der Waals surface area contributed by atoms with Gasteiger partial charge in [0.05, 0.1) is 5.41 Å². The first-order chi connectivity index (χ1) is 8.51. The minimum absolute atomic E-state index is 0.151. The molecule has 102 valence electrons. The molecule has 2 fully saturated rings. The van der Waals surface area contributed by atoms with E-state index in [1.54, 1.807) is 6.92 Å². The summed E-state index contributed by atoms with van der Waals surface area (Å²) in [4.78, 5) is 25.0. The number of rotatable bonds is 3. The predicted molar refractivity (Wildman–Crippen MR) is 65.1 cm³/mol. The monoisotopic (exact) mass is 255 g/mol. The van der Waals surface area contributed by atoms with Crippen molar-refractivity contribution >= 4 is 11.9 Å². The van der Waals surface area contributed by atoms with Gasteiger partial charge in [0.15, 0.2) is 0 Å². The van der Waals surface area contributed by atoms with Crippen LogP contribution in [0.25, 0.3) is 0 Å². The number of carbonyl (C=O) groups is 2. The quantitative estimate of drug-likeness (QED) is 0.821. The van der Waals surface area contributed by atoms with Crippen molar-refractivity contribution in [2.45, 2.75) is 32.6 Å². The van der Waals surface area contributed by atoms with Crippen molar-refractivity contribution in [1.82, 2.24) is 4.90 Å². The summed E-state index contributed by atoms with van der Waals surface area (Å²) < 4.78 is 5.26. The van der Waals surface area contributed by atoms with Gasteiger partial charge in [-0.15, -0.1) is 0 Å². The fourth-order valence-electron chi connectivity index (χ4n) is 2.58. The smallest absolute Gasteiger partial charge is 0.309 e. The Labute approximate surface area is 107 Å². The lowest BCUT2D eigenvalue weighted by Gasteiger charge is -2.36. The third-order valence-electron chi connectivity index (χ3n) is 4.22. The van der Waals surface area contributed by atoms with E-state index in [0.717, 1.165) is 13.0 Å². The van der Waals surface area contributed by atoms with E-state index in [2.05, 4.69) is 0 Å². The lowest BCUT2D eigenvalue weighted by atomic mass is 9.80. The Balaban J connectivity index is 1.81. The number of piperidine rings is 1. The molecule has 1 N–H and O–H groups in total. The van der Waals surface area contributed by atoms with Crippen molar-refractivity contribution in [3.63, 3.8) is 0 Å². The first-order valence-electron chi connectivity index (χ1n) is 6.60. The van der Waals surface area contributed by atoms with Gasteiger partial charge in [0, 0.05) is 32.7 Å². The number of amides is 1. The molecule has 5 heteroatoms. The van der Waals surface area contributed by atoms with Crippen LogP contribution in [0.3, 0.4) is 0 Å². The molecular weight excluding hydrogens is 234 g/mol. The molecule has 1 atom stereocenters. The topological polar surface area (TPSA) is 66.8 Å². The van der Waals surface area contributed by atoms with Crippen molar-refractivity contribution in [2.24, 2.45) is 11.3 Å². The van der Waals surface area contributed by atoms with Crippen LogP contribution in [0.5, 0.6) is 0 Å². The van der Waals surface area contributed by atoms with Gasteiger partial charge in [-0.05, 0) is 32.1 Å². The molecule has 2 saturated heterocycles. The van der Waals surface area contributed by atoms with Crippen LogP contribution in [0.1, 0.15) is 32.6 Å². The zero-order valence-electron chi connectivity index (χ0n) is 10.9. The van der Waals surface area contributed by atoms with Gasteiger partial charge in [0.2, 0.25) is 5.91 Å². The Morgan fingerprint density at radius 1 is 1.39 bits per heavy atom. The van der Waals surface area contributed by atoms with E-state index in [1.165, 1.54) is 0 Å². The molecule has 2 rings (SSSR count). The van der Waals surface area contributed by atoms with Crippen LogP contribution in [-0.2, 0) is 14.3 Å². The zero-order chi connectivity index (χ0) is 13.2. The Kier molecular flexibility index (Phi) is 3.90. The Hall–Kier alpha value is -1.10. The van der Waals surface area contributed by atoms with Crippen molar-refractivity contribution in [3.05, 3.63) is 0 Å². The minimum atomic E-state index is -0.751. The first kappa shape index (κ1) is 13.3. The summed E-state index contributed by atoms with van der Waals surface area (Å²) in [7, 11) is 0. The fourth-order valence-corrected chi connectivity index (χ4v) is 2.58. The molecule has 2 aliphatic heterocycles. The van der Waals surface area contributed by atoms with E-state index in [0.29, 0.717) is 44.9 Å². The van der Waals surface area contributed by atoms with Crippen molar-refractivity contribution < 1.29 is 19.4 Å². The summed E-state index contributed by atoms with van der Waals surface area (Å²) >= 11 is 0. The van der Waals surface area contributed by atoms with E-state index < -0.39 is 11.4 Å². The summed E-state index contributed by atoms with van der Waals surface area (Å²) in [6, 6.07) is 0. The molecular formula is C13H21NO4. The summed E-state index contributed by atoms with van der Waals surface area (Å²) in [5.74, 6) is -0.248. The lowest BCUT2D eigenvalue weighted by molar-refractivity contribution is -0.153. The third kappa shape index (κ3) is 2.83. The normalized spacial score (nSPS) is 27.2. The fraction of sp³-hybridized carbons (Fsp3) is 0.846. The SMILES string of the molecule is CC1(C(=O)O)CCN(C(=O)CC2CCOC2)CC1. The highest BCUT2D eigenvalue weighted by Gasteiger charge is 2.38. The molecule has 5 nitrogen and oxygen atoms in total. The van der Waals surface area contributed by atoms with E-state index in [-0.39, 0.29) is 5.91 Å². The van der Waals surface area contributed by atoms with Crippen LogP contribution >= 0.6 is 0 Å². The highest BCUT2D eigenvalue weighted by molar-refractivity contribution is 5.78. The average Bonchev–Trinajstić information content (AvgIpc) is 2.82. The molecule has 1 unspecified atom stereocenters. The lowest BCUT2D eigenvalue weighted by Crippen LogP contribution is -2.45. The second-order valence-corrected chi connectivity index (χ2v) is 5.68. The highest BCUT2D eigenvalue weighted by atomic mass is 16.5. The van der Waals surface area contributed by atoms with Crippen LogP contribution in [-0.4, -0.2) is 48.2 Å². The maximum atomic E-state index is 12.1. The summed E-state index contributed by atoms with van der Waals surface area (Å²) in [5, 5.41) is 9.13. The number of carboxylic acid groups (broad SMARTS) is 1. The molecule has 1 amide bonds. The summed E-state index contributed by atoms with van der Waals surface area (Å²) in [6.07, 6.45) is 2.61. The van der Waals surface area contributed by atoms with Crippen molar-refractivity contribution in [2.75, 3.05) is 26.3 Å². The predicted octanol–water partition coefficient (Wildman–Crippen LogP) is 1.13. The number of nitrogens with zero attached hydrogens (tertiary/aromatic N) is 1. The average molecular weight is 255 g/mol. The Bertz CT molecular complexity index is 328. The van der Waals surface area contributed by atoms with Gasteiger partial charge >= 0.3 is 5.97 Å². The number of ether oxygens (including phenoxy) is 1. The van der Waals surface area contributed by atoms with Crippen LogP contribution in [0, 0.1) is 11.3 Å². The number of aliphatic carboxylic acids is 1. The molecule has 0 aromatic heterocycles. The first-order valence-corrected chi connectivity index (χ1v) is 6.60. The van der Waals surface area contributed by atoms with Crippen LogP contribution in [0.15, 0.2) is 0 Å². The maximum absolute atomic E-state index is 12.1. The van der Waals surface area contributed by atoms with E-state index in [1.807, 2.05) is 4.90 Å². The van der Waals surface area contributed by atoms with E-state index in [9.17, 15) is 9.59 Å². The highest BCUT2D eigenvalue weighted by Crippen LogP contribution is 2.31. The molecule has 0 aliphatic carbocycles. The minimum Gasteiger partial charge on any atom is -0.481 e. The van der Waals surface area contributed by atoms with Crippen LogP contribution in [0.2, 0.25) is 0 Å². The van der Waals surface area contributed by atoms with Gasteiger partial charge in [-0.25, -0.2) is 0 Å². The number of carboxylic acids is 1. The largest absolute Gasteiger partial charge is 0.481 e. The number of hydrogen-bond donors (Lipinski definition) is 1. The standard InChI is InChI=1S/C13H21NO4/c1-13(12(16)17)3-5-14(6-4-13)11(15)8-10-2-7-18-9-10/h10H,2-9H2,1H3,(H,16,17). The van der Waals surface area contributed by atoms with Crippen LogP contribution in [0.4, 0.5) is 0 Å². The molecule has 0 saturated carbocycles. The second-order valence-electron chi connectivity index (χ2n) is 5.68. The van der Waals surface area contributed by atoms with Gasteiger partial charge in [-0.2, -0.15) is 0 Å². The van der Waals surface area contributed by atoms with Gasteiger partial charge < -0.3 is 14.7 Å². The van der Waals surface area contributed by atoms with Gasteiger partial charge in [0.1, 0.15) is 0 Å². The molecule has 0 aromatic rings. The Morgan fingerprint density at radius 2 is 2.06 bits per heavy atom. The summed E-state index contributed by atoms with van der Waals surface area (Å²) in [5.41, 5.74) is -0.659. The van der Waals surface area contributed by atoms with Gasteiger partial charge in [-0.3, -0.25) is 9.59 Å². The summed E-state index contributed by atoms with van der Waals surface area (Å²) in [6.45, 7) is 4.34. The number of hydrogen-bond acceptors (Lipinski definition) is 3. The molecule has 0 aromatic carbocycles. The van der Waals surface area contributed by atoms with Gasteiger partial charge in [0.25, 0.3) is 0 Å². The molecule has 18 heavy (non-hydrogen) atoms. The molecule has 0 radical (unpaired) electrons. The maximum Gasteiger partial charge on any atom is 0.309 e. The molecule has 0 spiro atoms. The second kappa shape index (κ2) is 5.26. The van der Waals surface area contributed by atoms with Gasteiger partial charge in [-0.1, -0.05) is 0 Å². The van der Waals surface area contributed by atoms with Crippen LogP contribution < -0.4 is 0 Å². The Morgan fingerprint density at radius 3 is 2.56 bits per heavy atom. The van der Waals surface area contributed by atoms with Crippen molar-refractivity contribution in [1.29, 1.82) is 0 Å².